The number of benzene rings is 1. The zero-order chi connectivity index (χ0) is 14.4. The number of hydrogen-bond acceptors (Lipinski definition) is 3. The quantitative estimate of drug-likeness (QED) is 0.621. The minimum Gasteiger partial charge on any atom is -0.457 e. The summed E-state index contributed by atoms with van der Waals surface area (Å²) in [4.78, 5) is 23.0. The molecule has 0 spiro atoms. The molecule has 0 atom stereocenters. The molecule has 0 saturated carbocycles. The van der Waals surface area contributed by atoms with E-state index < -0.39 is 0 Å². The Balaban J connectivity index is 1.94. The number of rotatable bonds is 4. The van der Waals surface area contributed by atoms with E-state index in [1.807, 2.05) is 18.2 Å². The van der Waals surface area contributed by atoms with Crippen molar-refractivity contribution in [3.63, 3.8) is 0 Å². The van der Waals surface area contributed by atoms with Gasteiger partial charge in [-0.3, -0.25) is 4.79 Å². The SMILES string of the molecule is CC(=O)c1ccc(COC(=O)C2=CC=CCC=C2)cc1. The van der Waals surface area contributed by atoms with Crippen LogP contribution in [-0.4, -0.2) is 11.8 Å². The molecule has 0 heterocycles. The van der Waals surface area contributed by atoms with Crippen LogP contribution in [0.15, 0.2) is 60.2 Å². The number of carbonyl (C=O) groups is 2. The van der Waals surface area contributed by atoms with Gasteiger partial charge < -0.3 is 4.74 Å². The van der Waals surface area contributed by atoms with Crippen LogP contribution in [0.2, 0.25) is 0 Å². The summed E-state index contributed by atoms with van der Waals surface area (Å²) in [6, 6.07) is 7.06. The standard InChI is InChI=1S/C17H16O3/c1-13(18)15-10-8-14(9-11-15)12-20-17(19)16-6-4-2-3-5-7-16/h2,4-11H,3,12H2,1H3. The van der Waals surface area contributed by atoms with Crippen LogP contribution in [0.1, 0.15) is 29.3 Å². The Morgan fingerprint density at radius 3 is 2.60 bits per heavy atom. The van der Waals surface area contributed by atoms with Gasteiger partial charge in [-0.1, -0.05) is 48.6 Å². The second-order valence-electron chi connectivity index (χ2n) is 4.52. The molecule has 2 rings (SSSR count). The molecule has 3 heteroatoms. The lowest BCUT2D eigenvalue weighted by Gasteiger charge is -2.05. The van der Waals surface area contributed by atoms with E-state index in [-0.39, 0.29) is 18.4 Å². The maximum absolute atomic E-state index is 11.9. The van der Waals surface area contributed by atoms with E-state index in [9.17, 15) is 9.59 Å². The lowest BCUT2D eigenvalue weighted by Crippen LogP contribution is -2.06. The number of ketones is 1. The molecule has 0 N–H and O–H groups in total. The predicted octanol–water partition coefficient (Wildman–Crippen LogP) is 3.37. The summed E-state index contributed by atoms with van der Waals surface area (Å²) in [6.45, 7) is 1.72. The van der Waals surface area contributed by atoms with E-state index in [2.05, 4.69) is 0 Å². The third-order valence-electron chi connectivity index (χ3n) is 2.95. The maximum atomic E-state index is 11.9. The first-order valence-electron chi connectivity index (χ1n) is 6.47. The van der Waals surface area contributed by atoms with E-state index in [4.69, 9.17) is 4.74 Å². The van der Waals surface area contributed by atoms with Crippen LogP contribution in [0.25, 0.3) is 0 Å². The minimum absolute atomic E-state index is 0.0223. The molecule has 0 bridgehead atoms. The van der Waals surface area contributed by atoms with Crippen molar-refractivity contribution < 1.29 is 14.3 Å². The lowest BCUT2D eigenvalue weighted by atomic mass is 10.1. The minimum atomic E-state index is -0.344. The van der Waals surface area contributed by atoms with Crippen molar-refractivity contribution in [1.29, 1.82) is 0 Å². The normalized spacial score (nSPS) is 13.6. The zero-order valence-corrected chi connectivity index (χ0v) is 11.3. The summed E-state index contributed by atoms with van der Waals surface area (Å²) in [5, 5.41) is 0. The molecule has 1 aliphatic rings. The fourth-order valence-corrected chi connectivity index (χ4v) is 1.78. The van der Waals surface area contributed by atoms with Crippen LogP contribution >= 0.6 is 0 Å². The van der Waals surface area contributed by atoms with Gasteiger partial charge in [0, 0.05) is 5.56 Å². The molecule has 0 radical (unpaired) electrons. The summed E-state index contributed by atoms with van der Waals surface area (Å²) in [5.74, 6) is -0.322. The maximum Gasteiger partial charge on any atom is 0.338 e. The van der Waals surface area contributed by atoms with Crippen LogP contribution in [0.4, 0.5) is 0 Å². The molecular formula is C17H16O3. The van der Waals surface area contributed by atoms with Gasteiger partial charge in [0.1, 0.15) is 6.61 Å². The van der Waals surface area contributed by atoms with Gasteiger partial charge in [-0.05, 0) is 25.0 Å². The first-order chi connectivity index (χ1) is 9.66. The third kappa shape index (κ3) is 3.79. The first-order valence-corrected chi connectivity index (χ1v) is 6.47. The fourth-order valence-electron chi connectivity index (χ4n) is 1.78. The molecule has 0 unspecified atom stereocenters. The second-order valence-corrected chi connectivity index (χ2v) is 4.52. The molecule has 0 amide bonds. The highest BCUT2D eigenvalue weighted by Crippen LogP contribution is 2.10. The van der Waals surface area contributed by atoms with Crippen molar-refractivity contribution in [2.45, 2.75) is 20.0 Å². The van der Waals surface area contributed by atoms with Gasteiger partial charge in [-0.2, -0.15) is 0 Å². The number of carbonyl (C=O) groups excluding carboxylic acids is 2. The highest BCUT2D eigenvalue weighted by atomic mass is 16.5. The summed E-state index contributed by atoms with van der Waals surface area (Å²) >= 11 is 0. The average molecular weight is 268 g/mol. The Labute approximate surface area is 118 Å². The lowest BCUT2D eigenvalue weighted by molar-refractivity contribution is -0.139. The molecule has 0 aromatic heterocycles. The molecular weight excluding hydrogens is 252 g/mol. The van der Waals surface area contributed by atoms with E-state index in [0.29, 0.717) is 11.1 Å². The Bertz CT molecular complexity index is 589. The molecule has 3 nitrogen and oxygen atoms in total. The number of hydrogen-bond donors (Lipinski definition) is 0. The number of allylic oxidation sites excluding steroid dienone is 4. The summed E-state index contributed by atoms with van der Waals surface area (Å²) in [6.07, 6.45) is 10.1. The highest BCUT2D eigenvalue weighted by molar-refractivity contribution is 5.94. The van der Waals surface area contributed by atoms with Gasteiger partial charge in [-0.15, -0.1) is 0 Å². The van der Waals surface area contributed by atoms with Crippen LogP contribution in [0, 0.1) is 0 Å². The van der Waals surface area contributed by atoms with Crippen LogP contribution < -0.4 is 0 Å². The smallest absolute Gasteiger partial charge is 0.338 e. The predicted molar refractivity (Wildman–Crippen MR) is 77.2 cm³/mol. The number of Topliss-reactive ketones (excluding diaryl/α,β-unsaturated/α-hetero) is 1. The molecule has 1 aromatic rings. The molecule has 1 aromatic carbocycles. The van der Waals surface area contributed by atoms with E-state index in [0.717, 1.165) is 12.0 Å². The van der Waals surface area contributed by atoms with Gasteiger partial charge >= 0.3 is 5.97 Å². The molecule has 0 saturated heterocycles. The molecule has 20 heavy (non-hydrogen) atoms. The van der Waals surface area contributed by atoms with Crippen molar-refractivity contribution >= 4 is 11.8 Å². The molecule has 1 aliphatic carbocycles. The van der Waals surface area contributed by atoms with E-state index in [1.54, 1.807) is 36.4 Å². The summed E-state index contributed by atoms with van der Waals surface area (Å²) < 4.78 is 5.25. The monoisotopic (exact) mass is 268 g/mol. The van der Waals surface area contributed by atoms with E-state index in [1.165, 1.54) is 6.92 Å². The summed E-state index contributed by atoms with van der Waals surface area (Å²) in [5.41, 5.74) is 2.05. The topological polar surface area (TPSA) is 43.4 Å². The van der Waals surface area contributed by atoms with Crippen molar-refractivity contribution in [2.75, 3.05) is 0 Å². The second kappa shape index (κ2) is 6.66. The highest BCUT2D eigenvalue weighted by Gasteiger charge is 2.08. The molecule has 0 aliphatic heterocycles. The Morgan fingerprint density at radius 1 is 1.15 bits per heavy atom. The van der Waals surface area contributed by atoms with Crippen molar-refractivity contribution in [1.82, 2.24) is 0 Å². The Hall–Kier alpha value is -2.42. The Kier molecular flexibility index (Phi) is 4.66. The van der Waals surface area contributed by atoms with E-state index >= 15 is 0 Å². The van der Waals surface area contributed by atoms with Gasteiger partial charge in [0.15, 0.2) is 5.78 Å². The first kappa shape index (κ1) is 14.0. The molecule has 102 valence electrons. The summed E-state index contributed by atoms with van der Waals surface area (Å²) in [7, 11) is 0. The average Bonchev–Trinajstić information content (AvgIpc) is 2.74. The van der Waals surface area contributed by atoms with Crippen LogP contribution in [-0.2, 0) is 16.1 Å². The van der Waals surface area contributed by atoms with Crippen molar-refractivity contribution in [3.05, 3.63) is 71.3 Å². The molecule has 0 fully saturated rings. The fraction of sp³-hybridized carbons (Fsp3) is 0.176. The third-order valence-corrected chi connectivity index (χ3v) is 2.95. The largest absolute Gasteiger partial charge is 0.457 e. The zero-order valence-electron chi connectivity index (χ0n) is 11.3. The van der Waals surface area contributed by atoms with Gasteiger partial charge in [0.2, 0.25) is 0 Å². The van der Waals surface area contributed by atoms with Gasteiger partial charge in [0.25, 0.3) is 0 Å². The van der Waals surface area contributed by atoms with Crippen molar-refractivity contribution in [2.24, 2.45) is 0 Å². The van der Waals surface area contributed by atoms with Gasteiger partial charge in [0.05, 0.1) is 5.57 Å². The van der Waals surface area contributed by atoms with Crippen molar-refractivity contribution in [3.8, 4) is 0 Å². The van der Waals surface area contributed by atoms with Crippen LogP contribution in [0.5, 0.6) is 0 Å². The number of esters is 1. The van der Waals surface area contributed by atoms with Crippen LogP contribution in [0.3, 0.4) is 0 Å². The number of ether oxygens (including phenoxy) is 1. The Morgan fingerprint density at radius 2 is 1.90 bits per heavy atom. The van der Waals surface area contributed by atoms with Gasteiger partial charge in [-0.25, -0.2) is 4.79 Å².